The minimum absolute atomic E-state index is 0.713. The molecule has 0 radical (unpaired) electrons. The number of hydrogen-bond acceptors (Lipinski definition) is 6. The van der Waals surface area contributed by atoms with E-state index in [0.29, 0.717) is 5.82 Å². The lowest BCUT2D eigenvalue weighted by molar-refractivity contribution is 0.125. The molecule has 0 atom stereocenters. The zero-order chi connectivity index (χ0) is 17.6. The molecule has 0 N–H and O–H groups in total. The highest BCUT2D eigenvalue weighted by Gasteiger charge is 2.17. The van der Waals surface area contributed by atoms with Crippen molar-refractivity contribution in [2.24, 2.45) is 0 Å². The number of aryl methyl sites for hydroxylation is 1. The molecular weight excluding hydrogens is 344 g/mol. The van der Waals surface area contributed by atoms with Crippen molar-refractivity contribution in [2.45, 2.75) is 19.4 Å². The molecule has 1 fully saturated rings. The highest BCUT2D eigenvalue weighted by molar-refractivity contribution is 7.13. The van der Waals surface area contributed by atoms with Crippen LogP contribution in [-0.2, 0) is 13.0 Å². The van der Waals surface area contributed by atoms with Gasteiger partial charge in [-0.25, -0.2) is 0 Å². The van der Waals surface area contributed by atoms with Crippen molar-refractivity contribution in [1.29, 1.82) is 0 Å². The van der Waals surface area contributed by atoms with Crippen molar-refractivity contribution in [3.8, 4) is 10.7 Å². The molecule has 3 aromatic rings. The van der Waals surface area contributed by atoms with E-state index in [0.717, 1.165) is 62.9 Å². The molecule has 0 unspecified atom stereocenters. The number of hydrogen-bond donors (Lipinski definition) is 0. The van der Waals surface area contributed by atoms with Crippen molar-refractivity contribution in [3.63, 3.8) is 0 Å². The van der Waals surface area contributed by atoms with E-state index >= 15 is 0 Å². The van der Waals surface area contributed by atoms with E-state index in [1.807, 2.05) is 17.5 Å². The Morgan fingerprint density at radius 3 is 2.54 bits per heavy atom. The van der Waals surface area contributed by atoms with Crippen molar-refractivity contribution >= 4 is 11.3 Å². The molecule has 2 aromatic heterocycles. The average Bonchev–Trinajstić information content (AvgIpc) is 3.36. The molecule has 136 valence electrons. The minimum atomic E-state index is 0.713. The van der Waals surface area contributed by atoms with Crippen LogP contribution >= 0.6 is 11.3 Å². The number of thiophene rings is 1. The van der Waals surface area contributed by atoms with Gasteiger partial charge in [0.05, 0.1) is 4.88 Å². The Morgan fingerprint density at radius 1 is 0.962 bits per heavy atom. The Balaban J connectivity index is 1.17. The highest BCUT2D eigenvalue weighted by atomic mass is 32.1. The zero-order valence-electron chi connectivity index (χ0n) is 14.9. The zero-order valence-corrected chi connectivity index (χ0v) is 15.7. The van der Waals surface area contributed by atoms with E-state index in [-0.39, 0.29) is 0 Å². The summed E-state index contributed by atoms with van der Waals surface area (Å²) in [5.74, 6) is 1.46. The van der Waals surface area contributed by atoms with E-state index in [2.05, 4.69) is 50.3 Å². The quantitative estimate of drug-likeness (QED) is 0.638. The van der Waals surface area contributed by atoms with Gasteiger partial charge in [0.2, 0.25) is 11.7 Å². The number of rotatable bonds is 7. The van der Waals surface area contributed by atoms with Crippen LogP contribution in [0.5, 0.6) is 0 Å². The Bertz CT molecular complexity index is 779. The summed E-state index contributed by atoms with van der Waals surface area (Å²) in [6.07, 6.45) is 1.91. The fourth-order valence-electron chi connectivity index (χ4n) is 3.33. The lowest BCUT2D eigenvalue weighted by atomic mass is 10.2. The second-order valence-corrected chi connectivity index (χ2v) is 7.64. The average molecular weight is 369 g/mol. The van der Waals surface area contributed by atoms with Gasteiger partial charge in [-0.1, -0.05) is 41.6 Å². The first-order valence-corrected chi connectivity index (χ1v) is 10.1. The standard InChI is InChI=1S/C20H24N4OS/c1-2-6-17(7-3-1)16-24-13-11-23(12-14-24)10-4-9-19-21-20(22-25-19)18-8-5-15-26-18/h1-3,5-8,15H,4,9-14,16H2. The fourth-order valence-corrected chi connectivity index (χ4v) is 3.98. The second kappa shape index (κ2) is 8.58. The van der Waals surface area contributed by atoms with Crippen LogP contribution in [0.3, 0.4) is 0 Å². The molecule has 0 spiro atoms. The summed E-state index contributed by atoms with van der Waals surface area (Å²) in [4.78, 5) is 10.6. The summed E-state index contributed by atoms with van der Waals surface area (Å²) >= 11 is 1.64. The molecule has 0 saturated carbocycles. The molecule has 0 amide bonds. The third-order valence-electron chi connectivity index (χ3n) is 4.79. The lowest BCUT2D eigenvalue weighted by Crippen LogP contribution is -2.46. The monoisotopic (exact) mass is 368 g/mol. The topological polar surface area (TPSA) is 45.4 Å². The number of benzene rings is 1. The summed E-state index contributed by atoms with van der Waals surface area (Å²) in [5.41, 5.74) is 1.40. The van der Waals surface area contributed by atoms with Gasteiger partial charge < -0.3 is 9.42 Å². The Morgan fingerprint density at radius 2 is 1.77 bits per heavy atom. The van der Waals surface area contributed by atoms with Crippen molar-refractivity contribution in [1.82, 2.24) is 19.9 Å². The van der Waals surface area contributed by atoms with E-state index in [9.17, 15) is 0 Å². The smallest absolute Gasteiger partial charge is 0.227 e. The molecule has 0 bridgehead atoms. The molecular formula is C20H24N4OS. The number of nitrogens with zero attached hydrogens (tertiary/aromatic N) is 4. The van der Waals surface area contributed by atoms with E-state index in [4.69, 9.17) is 4.52 Å². The Labute approximate surface area is 158 Å². The predicted molar refractivity (Wildman–Crippen MR) is 104 cm³/mol. The van der Waals surface area contributed by atoms with Gasteiger partial charge in [-0.2, -0.15) is 4.98 Å². The molecule has 5 nitrogen and oxygen atoms in total. The van der Waals surface area contributed by atoms with Gasteiger partial charge in [0.15, 0.2) is 0 Å². The molecule has 1 saturated heterocycles. The van der Waals surface area contributed by atoms with Gasteiger partial charge in [0.25, 0.3) is 0 Å². The summed E-state index contributed by atoms with van der Waals surface area (Å²) in [6.45, 7) is 6.70. The number of piperazine rings is 1. The Kier molecular flexibility index (Phi) is 5.74. The van der Waals surface area contributed by atoms with Gasteiger partial charge >= 0.3 is 0 Å². The molecule has 26 heavy (non-hydrogen) atoms. The van der Waals surface area contributed by atoms with Gasteiger partial charge in [0, 0.05) is 39.1 Å². The summed E-state index contributed by atoms with van der Waals surface area (Å²) in [6, 6.07) is 14.8. The molecule has 3 heterocycles. The predicted octanol–water partition coefficient (Wildman–Crippen LogP) is 3.55. The third-order valence-corrected chi connectivity index (χ3v) is 5.65. The van der Waals surface area contributed by atoms with Crippen LogP contribution in [0.4, 0.5) is 0 Å². The maximum atomic E-state index is 5.38. The first kappa shape index (κ1) is 17.4. The van der Waals surface area contributed by atoms with Crippen molar-refractivity contribution in [3.05, 3.63) is 59.3 Å². The maximum absolute atomic E-state index is 5.38. The van der Waals surface area contributed by atoms with Crippen LogP contribution in [-0.4, -0.2) is 52.7 Å². The van der Waals surface area contributed by atoms with Crippen LogP contribution in [0.2, 0.25) is 0 Å². The van der Waals surface area contributed by atoms with Crippen LogP contribution in [0.15, 0.2) is 52.4 Å². The van der Waals surface area contributed by atoms with Crippen LogP contribution in [0, 0.1) is 0 Å². The minimum Gasteiger partial charge on any atom is -0.339 e. The van der Waals surface area contributed by atoms with Crippen molar-refractivity contribution < 1.29 is 4.52 Å². The van der Waals surface area contributed by atoms with Crippen LogP contribution < -0.4 is 0 Å². The normalized spacial score (nSPS) is 16.2. The molecule has 1 aliphatic heterocycles. The molecule has 1 aliphatic rings. The third kappa shape index (κ3) is 4.58. The van der Waals surface area contributed by atoms with Crippen LogP contribution in [0.25, 0.3) is 10.7 Å². The molecule has 4 rings (SSSR count). The molecule has 6 heteroatoms. The molecule has 1 aromatic carbocycles. The fraction of sp³-hybridized carbons (Fsp3) is 0.400. The molecule has 0 aliphatic carbocycles. The van der Waals surface area contributed by atoms with Gasteiger partial charge in [-0.05, 0) is 30.0 Å². The van der Waals surface area contributed by atoms with Crippen molar-refractivity contribution in [2.75, 3.05) is 32.7 Å². The number of aromatic nitrogens is 2. The Hall–Kier alpha value is -2.02. The maximum Gasteiger partial charge on any atom is 0.227 e. The van der Waals surface area contributed by atoms with Gasteiger partial charge in [-0.3, -0.25) is 4.90 Å². The second-order valence-electron chi connectivity index (χ2n) is 6.70. The highest BCUT2D eigenvalue weighted by Crippen LogP contribution is 2.21. The SMILES string of the molecule is c1ccc(CN2CCN(CCCc3nc(-c4cccs4)no3)CC2)cc1. The largest absolute Gasteiger partial charge is 0.339 e. The lowest BCUT2D eigenvalue weighted by Gasteiger charge is -2.34. The first-order chi connectivity index (χ1) is 12.9. The van der Waals surface area contributed by atoms with E-state index < -0.39 is 0 Å². The van der Waals surface area contributed by atoms with Gasteiger partial charge in [-0.15, -0.1) is 11.3 Å². The van der Waals surface area contributed by atoms with Crippen LogP contribution in [0.1, 0.15) is 17.9 Å². The van der Waals surface area contributed by atoms with E-state index in [1.54, 1.807) is 11.3 Å². The first-order valence-electron chi connectivity index (χ1n) is 9.22. The van der Waals surface area contributed by atoms with Gasteiger partial charge in [0.1, 0.15) is 0 Å². The summed E-state index contributed by atoms with van der Waals surface area (Å²) in [7, 11) is 0. The summed E-state index contributed by atoms with van der Waals surface area (Å²) in [5, 5.41) is 6.11. The summed E-state index contributed by atoms with van der Waals surface area (Å²) < 4.78 is 5.38. The van der Waals surface area contributed by atoms with E-state index in [1.165, 1.54) is 5.56 Å².